The predicted molar refractivity (Wildman–Crippen MR) is 115 cm³/mol. The Morgan fingerprint density at radius 1 is 0.970 bits per heavy atom. The SMILES string of the molecule is COc1ccc([N+](=O)[O-])c(NC(=O)COC(=O)CCCC(=O)NNC(=O)c2ccccc2)c1. The maximum Gasteiger partial charge on any atom is 0.306 e. The third kappa shape index (κ3) is 8.28. The van der Waals surface area contributed by atoms with E-state index in [1.54, 1.807) is 30.3 Å². The molecular formula is C21H22N4O8. The van der Waals surface area contributed by atoms with Gasteiger partial charge in [0.15, 0.2) is 6.61 Å². The molecule has 0 aliphatic carbocycles. The van der Waals surface area contributed by atoms with Gasteiger partial charge in [-0.2, -0.15) is 0 Å². The molecule has 174 valence electrons. The standard InChI is InChI=1S/C21H22N4O8/c1-32-15-10-11-17(25(30)31)16(12-15)22-19(27)13-33-20(28)9-5-8-18(26)23-24-21(29)14-6-3-2-4-7-14/h2-4,6-7,10-12H,5,8-9,13H2,1H3,(H,22,27)(H,23,26)(H,24,29). The molecule has 0 aliphatic heterocycles. The highest BCUT2D eigenvalue weighted by molar-refractivity contribution is 5.96. The summed E-state index contributed by atoms with van der Waals surface area (Å²) in [6.07, 6.45) is -0.0894. The van der Waals surface area contributed by atoms with Crippen LogP contribution in [-0.4, -0.2) is 42.3 Å². The van der Waals surface area contributed by atoms with Crippen LogP contribution in [0.3, 0.4) is 0 Å². The molecule has 0 atom stereocenters. The first-order valence-electron chi connectivity index (χ1n) is 9.72. The molecule has 12 heteroatoms. The topological polar surface area (TPSA) is 166 Å². The van der Waals surface area contributed by atoms with Gasteiger partial charge in [-0.25, -0.2) is 0 Å². The van der Waals surface area contributed by atoms with E-state index in [1.807, 2.05) is 0 Å². The summed E-state index contributed by atoms with van der Waals surface area (Å²) in [7, 11) is 1.37. The first-order chi connectivity index (χ1) is 15.8. The van der Waals surface area contributed by atoms with E-state index in [4.69, 9.17) is 9.47 Å². The minimum absolute atomic E-state index is 0.0631. The number of benzene rings is 2. The van der Waals surface area contributed by atoms with Crippen molar-refractivity contribution < 1.29 is 33.6 Å². The number of esters is 1. The van der Waals surface area contributed by atoms with Crippen molar-refractivity contribution in [1.29, 1.82) is 0 Å². The quantitative estimate of drug-likeness (QED) is 0.275. The minimum atomic E-state index is -0.777. The molecule has 0 fully saturated rings. The number of rotatable bonds is 10. The van der Waals surface area contributed by atoms with Gasteiger partial charge in [0, 0.05) is 30.5 Å². The van der Waals surface area contributed by atoms with E-state index in [9.17, 15) is 29.3 Å². The van der Waals surface area contributed by atoms with Crippen LogP contribution < -0.4 is 20.9 Å². The summed E-state index contributed by atoms with van der Waals surface area (Å²) in [5.74, 6) is -2.19. The summed E-state index contributed by atoms with van der Waals surface area (Å²) in [5.41, 5.74) is 4.42. The lowest BCUT2D eigenvalue weighted by Crippen LogP contribution is -2.41. The molecule has 33 heavy (non-hydrogen) atoms. The van der Waals surface area contributed by atoms with E-state index < -0.39 is 35.2 Å². The summed E-state index contributed by atoms with van der Waals surface area (Å²) in [6.45, 7) is -0.660. The van der Waals surface area contributed by atoms with Crippen LogP contribution in [0.25, 0.3) is 0 Å². The van der Waals surface area contributed by atoms with Crippen LogP contribution in [0.2, 0.25) is 0 Å². The highest BCUT2D eigenvalue weighted by Crippen LogP contribution is 2.28. The molecule has 0 heterocycles. The van der Waals surface area contributed by atoms with E-state index >= 15 is 0 Å². The van der Waals surface area contributed by atoms with Gasteiger partial charge in [0.05, 0.1) is 12.0 Å². The van der Waals surface area contributed by atoms with Crippen LogP contribution in [0.4, 0.5) is 11.4 Å². The molecule has 0 unspecified atom stereocenters. The number of nitrogens with one attached hydrogen (secondary N) is 3. The number of carbonyl (C=O) groups is 4. The Morgan fingerprint density at radius 2 is 1.70 bits per heavy atom. The third-order valence-electron chi connectivity index (χ3n) is 4.17. The Bertz CT molecular complexity index is 1030. The van der Waals surface area contributed by atoms with Crippen LogP contribution in [0.5, 0.6) is 5.75 Å². The van der Waals surface area contributed by atoms with Crippen LogP contribution >= 0.6 is 0 Å². The smallest absolute Gasteiger partial charge is 0.306 e. The number of methoxy groups -OCH3 is 1. The van der Waals surface area contributed by atoms with Gasteiger partial charge >= 0.3 is 5.97 Å². The van der Waals surface area contributed by atoms with E-state index in [0.717, 1.165) is 0 Å². The van der Waals surface area contributed by atoms with Gasteiger partial charge < -0.3 is 14.8 Å². The molecule has 0 saturated heterocycles. The fourth-order valence-corrected chi connectivity index (χ4v) is 2.55. The van der Waals surface area contributed by atoms with Crippen molar-refractivity contribution in [3.8, 4) is 5.75 Å². The minimum Gasteiger partial charge on any atom is -0.497 e. The Morgan fingerprint density at radius 3 is 2.36 bits per heavy atom. The average Bonchev–Trinajstić information content (AvgIpc) is 2.81. The molecule has 0 aromatic heterocycles. The fourth-order valence-electron chi connectivity index (χ4n) is 2.55. The molecule has 12 nitrogen and oxygen atoms in total. The molecule has 0 aliphatic rings. The molecular weight excluding hydrogens is 436 g/mol. The molecule has 2 rings (SSSR count). The number of hydrazine groups is 1. The number of carbonyl (C=O) groups excluding carboxylic acids is 4. The number of anilines is 1. The summed E-state index contributed by atoms with van der Waals surface area (Å²) in [4.78, 5) is 57.7. The summed E-state index contributed by atoms with van der Waals surface area (Å²) in [5, 5.41) is 13.4. The number of hydrogen-bond donors (Lipinski definition) is 3. The van der Waals surface area contributed by atoms with Crippen molar-refractivity contribution >= 4 is 35.1 Å². The first-order valence-corrected chi connectivity index (χ1v) is 9.72. The van der Waals surface area contributed by atoms with Gasteiger partial charge in [-0.1, -0.05) is 18.2 Å². The van der Waals surface area contributed by atoms with Crippen LogP contribution in [0.15, 0.2) is 48.5 Å². The molecule has 0 saturated carbocycles. The lowest BCUT2D eigenvalue weighted by Gasteiger charge is -2.09. The zero-order chi connectivity index (χ0) is 24.2. The van der Waals surface area contributed by atoms with Crippen molar-refractivity contribution in [2.24, 2.45) is 0 Å². The second-order valence-corrected chi connectivity index (χ2v) is 6.57. The predicted octanol–water partition coefficient (Wildman–Crippen LogP) is 1.72. The van der Waals surface area contributed by atoms with Gasteiger partial charge in [-0.15, -0.1) is 0 Å². The zero-order valence-electron chi connectivity index (χ0n) is 17.7. The summed E-state index contributed by atoms with van der Waals surface area (Å²) >= 11 is 0. The van der Waals surface area contributed by atoms with E-state index in [-0.39, 0.29) is 30.6 Å². The Balaban J connectivity index is 1.69. The molecule has 3 amide bonds. The normalized spacial score (nSPS) is 9.97. The molecule has 2 aromatic rings. The number of hydrogen-bond acceptors (Lipinski definition) is 8. The zero-order valence-corrected chi connectivity index (χ0v) is 17.7. The third-order valence-corrected chi connectivity index (χ3v) is 4.17. The van der Waals surface area contributed by atoms with Crippen molar-refractivity contribution in [2.75, 3.05) is 19.0 Å². The van der Waals surface area contributed by atoms with Crippen molar-refractivity contribution in [1.82, 2.24) is 10.9 Å². The second kappa shape index (κ2) is 12.4. The number of nitro groups is 1. The van der Waals surface area contributed by atoms with E-state index in [1.165, 1.54) is 25.3 Å². The van der Waals surface area contributed by atoms with Crippen molar-refractivity contribution in [3.05, 3.63) is 64.2 Å². The molecule has 0 bridgehead atoms. The highest BCUT2D eigenvalue weighted by atomic mass is 16.6. The lowest BCUT2D eigenvalue weighted by molar-refractivity contribution is -0.383. The summed E-state index contributed by atoms with van der Waals surface area (Å²) in [6, 6.07) is 12.1. The van der Waals surface area contributed by atoms with Gasteiger partial charge in [0.1, 0.15) is 11.4 Å². The molecule has 0 spiro atoms. The van der Waals surface area contributed by atoms with Gasteiger partial charge in [0.2, 0.25) is 5.91 Å². The lowest BCUT2D eigenvalue weighted by atomic mass is 10.2. The largest absolute Gasteiger partial charge is 0.497 e. The Kier molecular flexibility index (Phi) is 9.31. The number of amides is 3. The number of ether oxygens (including phenoxy) is 2. The van der Waals surface area contributed by atoms with Crippen molar-refractivity contribution in [2.45, 2.75) is 19.3 Å². The van der Waals surface area contributed by atoms with Crippen LogP contribution in [0, 0.1) is 10.1 Å². The fraction of sp³-hybridized carbons (Fsp3) is 0.238. The van der Waals surface area contributed by atoms with Crippen molar-refractivity contribution in [3.63, 3.8) is 0 Å². The maximum atomic E-state index is 12.0. The maximum absolute atomic E-state index is 12.0. The Hall–Kier alpha value is -4.48. The average molecular weight is 458 g/mol. The molecule has 0 radical (unpaired) electrons. The number of nitro benzene ring substituents is 1. The summed E-state index contributed by atoms with van der Waals surface area (Å²) < 4.78 is 9.79. The Labute approximate surface area is 188 Å². The highest BCUT2D eigenvalue weighted by Gasteiger charge is 2.18. The van der Waals surface area contributed by atoms with Gasteiger partial charge in [-0.3, -0.25) is 40.1 Å². The van der Waals surface area contributed by atoms with Crippen LogP contribution in [-0.2, 0) is 19.1 Å². The van der Waals surface area contributed by atoms with Gasteiger partial charge in [0.25, 0.3) is 17.5 Å². The first kappa shape index (κ1) is 24.8. The second-order valence-electron chi connectivity index (χ2n) is 6.57. The van der Waals surface area contributed by atoms with Crippen LogP contribution in [0.1, 0.15) is 29.6 Å². The van der Waals surface area contributed by atoms with E-state index in [0.29, 0.717) is 11.3 Å². The monoisotopic (exact) mass is 458 g/mol. The number of nitrogens with zero attached hydrogens (tertiary/aromatic N) is 1. The molecule has 2 aromatic carbocycles. The van der Waals surface area contributed by atoms with Gasteiger partial charge in [-0.05, 0) is 24.6 Å². The molecule has 3 N–H and O–H groups in total. The van der Waals surface area contributed by atoms with E-state index in [2.05, 4.69) is 16.2 Å².